The summed E-state index contributed by atoms with van der Waals surface area (Å²) < 4.78 is 1.52. The van der Waals surface area contributed by atoms with Gasteiger partial charge in [0.2, 0.25) is 0 Å². The van der Waals surface area contributed by atoms with Gasteiger partial charge in [-0.25, -0.2) is 0 Å². The van der Waals surface area contributed by atoms with Gasteiger partial charge in [-0.3, -0.25) is 14.2 Å². The number of aliphatic carboxylic acids is 1. The molecular formula is C20H19NO4. The summed E-state index contributed by atoms with van der Waals surface area (Å²) in [7, 11) is 0. The molecule has 2 aromatic carbocycles. The molecule has 0 fully saturated rings. The molecule has 5 heteroatoms. The van der Waals surface area contributed by atoms with Gasteiger partial charge in [0.25, 0.3) is 5.91 Å². The Hall–Kier alpha value is -3.08. The van der Waals surface area contributed by atoms with E-state index in [-0.39, 0.29) is 11.7 Å². The van der Waals surface area contributed by atoms with Gasteiger partial charge >= 0.3 is 5.97 Å². The number of carbonyl (C=O) groups is 2. The van der Waals surface area contributed by atoms with Crippen LogP contribution in [0.3, 0.4) is 0 Å². The Morgan fingerprint density at radius 1 is 1.04 bits per heavy atom. The quantitative estimate of drug-likeness (QED) is 0.761. The van der Waals surface area contributed by atoms with Gasteiger partial charge in [-0.15, -0.1) is 0 Å². The number of aromatic hydroxyl groups is 1. The van der Waals surface area contributed by atoms with Gasteiger partial charge in [0.05, 0.1) is 11.4 Å². The first-order valence-electron chi connectivity index (χ1n) is 7.99. The molecule has 5 nitrogen and oxygen atoms in total. The number of fused-ring (bicyclic) bond motifs is 1. The molecule has 0 amide bonds. The minimum atomic E-state index is -0.978. The molecule has 1 unspecified atom stereocenters. The third kappa shape index (κ3) is 2.78. The van der Waals surface area contributed by atoms with E-state index in [1.54, 1.807) is 32.0 Å². The number of benzene rings is 2. The van der Waals surface area contributed by atoms with Crippen molar-refractivity contribution in [1.82, 2.24) is 4.57 Å². The number of hydrogen-bond acceptors (Lipinski definition) is 3. The zero-order chi connectivity index (χ0) is 18.3. The van der Waals surface area contributed by atoms with Gasteiger partial charge in [0.1, 0.15) is 5.75 Å². The van der Waals surface area contributed by atoms with Crippen LogP contribution in [0.4, 0.5) is 0 Å². The maximum atomic E-state index is 13.0. The molecule has 0 spiro atoms. The van der Waals surface area contributed by atoms with Gasteiger partial charge in [-0.2, -0.15) is 0 Å². The Balaban J connectivity index is 2.28. The van der Waals surface area contributed by atoms with Crippen molar-refractivity contribution in [3.05, 3.63) is 64.8 Å². The second-order valence-corrected chi connectivity index (χ2v) is 6.27. The number of carboxylic acids is 1. The van der Waals surface area contributed by atoms with Gasteiger partial charge in [0, 0.05) is 16.6 Å². The predicted molar refractivity (Wildman–Crippen MR) is 95.3 cm³/mol. The van der Waals surface area contributed by atoms with Crippen LogP contribution in [0.1, 0.15) is 40.0 Å². The Labute approximate surface area is 145 Å². The molecule has 128 valence electrons. The number of carbonyl (C=O) groups excluding carboxylic acids is 1. The highest BCUT2D eigenvalue weighted by molar-refractivity contribution is 6.05. The summed E-state index contributed by atoms with van der Waals surface area (Å²) in [5, 5.41) is 19.8. The van der Waals surface area contributed by atoms with Crippen LogP contribution in [0.5, 0.6) is 5.75 Å². The number of carboxylic acid groups (broad SMARTS) is 1. The molecule has 3 aromatic rings. The van der Waals surface area contributed by atoms with Gasteiger partial charge in [-0.05, 0) is 56.7 Å². The molecule has 0 bridgehead atoms. The van der Waals surface area contributed by atoms with E-state index in [0.29, 0.717) is 27.7 Å². The van der Waals surface area contributed by atoms with Crippen molar-refractivity contribution >= 4 is 22.8 Å². The van der Waals surface area contributed by atoms with Crippen LogP contribution >= 0.6 is 0 Å². The summed E-state index contributed by atoms with van der Waals surface area (Å²) in [4.78, 5) is 24.5. The lowest BCUT2D eigenvalue weighted by Crippen LogP contribution is -2.15. The molecule has 0 radical (unpaired) electrons. The normalized spacial score (nSPS) is 12.3. The van der Waals surface area contributed by atoms with Crippen LogP contribution in [0, 0.1) is 13.8 Å². The summed E-state index contributed by atoms with van der Waals surface area (Å²) in [6.07, 6.45) is 0. The Morgan fingerprint density at radius 2 is 1.68 bits per heavy atom. The Kier molecular flexibility index (Phi) is 4.08. The van der Waals surface area contributed by atoms with E-state index in [4.69, 9.17) is 0 Å². The van der Waals surface area contributed by atoms with E-state index in [1.807, 2.05) is 19.1 Å². The van der Waals surface area contributed by atoms with Crippen LogP contribution < -0.4 is 0 Å². The van der Waals surface area contributed by atoms with E-state index >= 15 is 0 Å². The summed E-state index contributed by atoms with van der Waals surface area (Å²) in [5.41, 5.74) is 3.27. The average Bonchev–Trinajstić information content (AvgIpc) is 2.85. The SMILES string of the molecule is Cc1ccc(C(=O)n2c(C)c(C(C)C(=O)O)c3cc(O)ccc32)cc1. The summed E-state index contributed by atoms with van der Waals surface area (Å²) in [6.45, 7) is 5.26. The van der Waals surface area contributed by atoms with Crippen molar-refractivity contribution < 1.29 is 19.8 Å². The van der Waals surface area contributed by atoms with Crippen molar-refractivity contribution in [2.45, 2.75) is 26.7 Å². The van der Waals surface area contributed by atoms with Gasteiger partial charge < -0.3 is 10.2 Å². The maximum Gasteiger partial charge on any atom is 0.310 e. The third-order valence-electron chi connectivity index (χ3n) is 4.54. The summed E-state index contributed by atoms with van der Waals surface area (Å²) in [6, 6.07) is 11.9. The standard InChI is InChI=1S/C20H19NO4/c1-11-4-6-14(7-5-11)19(23)21-13(3)18(12(2)20(24)25)16-10-15(22)8-9-17(16)21/h4-10,12,22H,1-3H3,(H,24,25). The lowest BCUT2D eigenvalue weighted by Gasteiger charge is -2.09. The Bertz CT molecular complexity index is 983. The first kappa shape index (κ1) is 16.8. The minimum absolute atomic E-state index is 0.0336. The molecule has 0 aliphatic heterocycles. The zero-order valence-corrected chi connectivity index (χ0v) is 14.3. The Morgan fingerprint density at radius 3 is 2.28 bits per heavy atom. The second kappa shape index (κ2) is 6.09. The maximum absolute atomic E-state index is 13.0. The highest BCUT2D eigenvalue weighted by atomic mass is 16.4. The predicted octanol–water partition coefficient (Wildman–Crippen LogP) is 3.84. The third-order valence-corrected chi connectivity index (χ3v) is 4.54. The number of rotatable bonds is 3. The molecule has 0 aliphatic carbocycles. The van der Waals surface area contributed by atoms with Crippen molar-refractivity contribution in [2.75, 3.05) is 0 Å². The lowest BCUT2D eigenvalue weighted by atomic mass is 9.98. The number of hydrogen-bond donors (Lipinski definition) is 2. The zero-order valence-electron chi connectivity index (χ0n) is 14.3. The van der Waals surface area contributed by atoms with E-state index in [9.17, 15) is 19.8 Å². The highest BCUT2D eigenvalue weighted by Gasteiger charge is 2.26. The molecule has 1 aromatic heterocycles. The lowest BCUT2D eigenvalue weighted by molar-refractivity contribution is -0.138. The van der Waals surface area contributed by atoms with Gasteiger partial charge in [0.15, 0.2) is 0 Å². The molecule has 0 aliphatic rings. The van der Waals surface area contributed by atoms with Crippen LogP contribution in [-0.2, 0) is 4.79 Å². The number of nitrogens with zero attached hydrogens (tertiary/aromatic N) is 1. The average molecular weight is 337 g/mol. The number of aromatic nitrogens is 1. The van der Waals surface area contributed by atoms with Crippen LogP contribution in [0.15, 0.2) is 42.5 Å². The molecule has 25 heavy (non-hydrogen) atoms. The molecule has 2 N–H and O–H groups in total. The molecule has 0 saturated heterocycles. The summed E-state index contributed by atoms with van der Waals surface area (Å²) in [5.74, 6) is -1.96. The molecule has 1 atom stereocenters. The van der Waals surface area contributed by atoms with Crippen molar-refractivity contribution in [3.8, 4) is 5.75 Å². The van der Waals surface area contributed by atoms with Crippen LogP contribution in [0.2, 0.25) is 0 Å². The fraction of sp³-hybridized carbons (Fsp3) is 0.200. The largest absolute Gasteiger partial charge is 0.508 e. The number of phenols is 1. The van der Waals surface area contributed by atoms with Crippen molar-refractivity contribution in [3.63, 3.8) is 0 Å². The number of phenolic OH excluding ortho intramolecular Hbond substituents is 1. The monoisotopic (exact) mass is 337 g/mol. The van der Waals surface area contributed by atoms with Crippen LogP contribution in [-0.4, -0.2) is 26.7 Å². The molecule has 1 heterocycles. The molecule has 0 saturated carbocycles. The van der Waals surface area contributed by atoms with Crippen molar-refractivity contribution in [2.24, 2.45) is 0 Å². The van der Waals surface area contributed by atoms with E-state index in [0.717, 1.165) is 5.56 Å². The smallest absolute Gasteiger partial charge is 0.310 e. The first-order chi connectivity index (χ1) is 11.8. The molecule has 3 rings (SSSR count). The highest BCUT2D eigenvalue weighted by Crippen LogP contribution is 2.34. The first-order valence-corrected chi connectivity index (χ1v) is 7.99. The second-order valence-electron chi connectivity index (χ2n) is 6.27. The number of aryl methyl sites for hydroxylation is 1. The van der Waals surface area contributed by atoms with E-state index < -0.39 is 11.9 Å². The molecular weight excluding hydrogens is 318 g/mol. The van der Waals surface area contributed by atoms with Gasteiger partial charge in [-0.1, -0.05) is 17.7 Å². The van der Waals surface area contributed by atoms with Crippen molar-refractivity contribution in [1.29, 1.82) is 0 Å². The topological polar surface area (TPSA) is 79.5 Å². The van der Waals surface area contributed by atoms with E-state index in [1.165, 1.54) is 16.7 Å². The van der Waals surface area contributed by atoms with Crippen LogP contribution in [0.25, 0.3) is 10.9 Å². The van der Waals surface area contributed by atoms with E-state index in [2.05, 4.69) is 0 Å². The fourth-order valence-electron chi connectivity index (χ4n) is 3.19. The fourth-order valence-corrected chi connectivity index (χ4v) is 3.19. The summed E-state index contributed by atoms with van der Waals surface area (Å²) >= 11 is 0. The minimum Gasteiger partial charge on any atom is -0.508 e.